The standard InChI is InChI=1S/C14H15BrN2O3S/c1-20-9-10-4-2-3-5-13(10)17-21(18,19)14-8-11(16)6-7-12(14)15/h2-8,17H,9,16H2,1H3. The molecule has 2 aromatic rings. The summed E-state index contributed by atoms with van der Waals surface area (Å²) in [6.45, 7) is 0.316. The summed E-state index contributed by atoms with van der Waals surface area (Å²) in [5.74, 6) is 0. The van der Waals surface area contributed by atoms with Crippen molar-refractivity contribution < 1.29 is 13.2 Å². The van der Waals surface area contributed by atoms with Gasteiger partial charge in [-0.2, -0.15) is 0 Å². The summed E-state index contributed by atoms with van der Waals surface area (Å²) in [5, 5.41) is 0. The molecule has 0 saturated heterocycles. The van der Waals surface area contributed by atoms with Gasteiger partial charge in [-0.05, 0) is 40.2 Å². The summed E-state index contributed by atoms with van der Waals surface area (Å²) >= 11 is 3.23. The first-order chi connectivity index (χ1) is 9.94. The van der Waals surface area contributed by atoms with Crippen LogP contribution >= 0.6 is 15.9 Å². The third-order valence-electron chi connectivity index (χ3n) is 2.81. The lowest BCUT2D eigenvalue weighted by atomic mass is 10.2. The van der Waals surface area contributed by atoms with Crippen molar-refractivity contribution in [1.82, 2.24) is 0 Å². The second-order valence-electron chi connectivity index (χ2n) is 4.39. The molecule has 0 aliphatic heterocycles. The molecule has 3 N–H and O–H groups in total. The second-order valence-corrected chi connectivity index (χ2v) is 6.89. The number of para-hydroxylation sites is 1. The number of nitrogens with one attached hydrogen (secondary N) is 1. The van der Waals surface area contributed by atoms with E-state index < -0.39 is 10.0 Å². The molecule has 2 aromatic carbocycles. The van der Waals surface area contributed by atoms with Crippen molar-refractivity contribution in [2.24, 2.45) is 0 Å². The molecule has 112 valence electrons. The minimum atomic E-state index is -3.74. The highest BCUT2D eigenvalue weighted by Crippen LogP contribution is 2.27. The van der Waals surface area contributed by atoms with E-state index in [4.69, 9.17) is 10.5 Å². The number of sulfonamides is 1. The topological polar surface area (TPSA) is 81.4 Å². The van der Waals surface area contributed by atoms with Gasteiger partial charge in [0.1, 0.15) is 4.90 Å². The van der Waals surface area contributed by atoms with E-state index in [1.54, 1.807) is 37.4 Å². The molecule has 0 radical (unpaired) electrons. The van der Waals surface area contributed by atoms with Crippen LogP contribution in [-0.2, 0) is 21.4 Å². The van der Waals surface area contributed by atoms with Gasteiger partial charge in [-0.3, -0.25) is 4.72 Å². The van der Waals surface area contributed by atoms with E-state index in [2.05, 4.69) is 20.7 Å². The molecule has 0 spiro atoms. The second kappa shape index (κ2) is 6.46. The van der Waals surface area contributed by atoms with E-state index in [-0.39, 0.29) is 4.90 Å². The highest BCUT2D eigenvalue weighted by Gasteiger charge is 2.19. The molecule has 0 aliphatic rings. The molecule has 2 rings (SSSR count). The van der Waals surface area contributed by atoms with Gasteiger partial charge < -0.3 is 10.5 Å². The lowest BCUT2D eigenvalue weighted by molar-refractivity contribution is 0.185. The fourth-order valence-corrected chi connectivity index (χ4v) is 3.93. The predicted molar refractivity (Wildman–Crippen MR) is 86.5 cm³/mol. The molecule has 0 heterocycles. The maximum Gasteiger partial charge on any atom is 0.263 e. The Kier molecular flexibility index (Phi) is 4.87. The van der Waals surface area contributed by atoms with E-state index in [9.17, 15) is 8.42 Å². The van der Waals surface area contributed by atoms with Crippen LogP contribution in [0.1, 0.15) is 5.56 Å². The van der Waals surface area contributed by atoms with Crippen molar-refractivity contribution in [2.45, 2.75) is 11.5 Å². The molecule has 0 fully saturated rings. The van der Waals surface area contributed by atoms with E-state index in [1.165, 1.54) is 6.07 Å². The van der Waals surface area contributed by atoms with Gasteiger partial charge in [0.15, 0.2) is 0 Å². The fourth-order valence-electron chi connectivity index (χ4n) is 1.83. The summed E-state index contributed by atoms with van der Waals surface area (Å²) in [7, 11) is -2.18. The number of benzene rings is 2. The molecule has 7 heteroatoms. The number of rotatable bonds is 5. The summed E-state index contributed by atoms with van der Waals surface area (Å²) in [6.07, 6.45) is 0. The number of hydrogen-bond donors (Lipinski definition) is 2. The highest BCUT2D eigenvalue weighted by molar-refractivity contribution is 9.10. The lowest BCUT2D eigenvalue weighted by Gasteiger charge is -2.13. The molecule has 0 unspecified atom stereocenters. The van der Waals surface area contributed by atoms with Gasteiger partial charge in [0, 0.05) is 22.8 Å². The molecule has 21 heavy (non-hydrogen) atoms. The Bertz CT molecular complexity index is 748. The van der Waals surface area contributed by atoms with Crippen LogP contribution < -0.4 is 10.5 Å². The Morgan fingerprint density at radius 3 is 2.67 bits per heavy atom. The number of ether oxygens (including phenoxy) is 1. The minimum Gasteiger partial charge on any atom is -0.399 e. The van der Waals surface area contributed by atoms with Gasteiger partial charge in [0.2, 0.25) is 0 Å². The molecular weight excluding hydrogens is 356 g/mol. The zero-order valence-electron chi connectivity index (χ0n) is 11.3. The van der Waals surface area contributed by atoms with Crippen molar-refractivity contribution in [3.05, 3.63) is 52.5 Å². The Morgan fingerprint density at radius 2 is 1.95 bits per heavy atom. The van der Waals surface area contributed by atoms with Gasteiger partial charge in [-0.15, -0.1) is 0 Å². The van der Waals surface area contributed by atoms with Crippen LogP contribution in [0, 0.1) is 0 Å². The maximum absolute atomic E-state index is 12.5. The van der Waals surface area contributed by atoms with Crippen LogP contribution in [0.3, 0.4) is 0 Å². The first-order valence-electron chi connectivity index (χ1n) is 6.09. The van der Waals surface area contributed by atoms with Crippen LogP contribution in [0.5, 0.6) is 0 Å². The molecule has 0 saturated carbocycles. The number of hydrogen-bond acceptors (Lipinski definition) is 4. The van der Waals surface area contributed by atoms with Gasteiger partial charge in [0.05, 0.1) is 12.3 Å². The van der Waals surface area contributed by atoms with Crippen molar-refractivity contribution in [3.63, 3.8) is 0 Å². The molecule has 0 aromatic heterocycles. The molecule has 0 amide bonds. The largest absolute Gasteiger partial charge is 0.399 e. The number of nitrogens with two attached hydrogens (primary N) is 1. The van der Waals surface area contributed by atoms with Gasteiger partial charge in [0.25, 0.3) is 10.0 Å². The molecule has 0 atom stereocenters. The fraction of sp³-hybridized carbons (Fsp3) is 0.143. The zero-order valence-corrected chi connectivity index (χ0v) is 13.7. The summed E-state index contributed by atoms with van der Waals surface area (Å²) in [4.78, 5) is 0.0923. The zero-order chi connectivity index (χ0) is 15.5. The van der Waals surface area contributed by atoms with Crippen molar-refractivity contribution in [1.29, 1.82) is 0 Å². The third-order valence-corrected chi connectivity index (χ3v) is 5.17. The first kappa shape index (κ1) is 15.8. The van der Waals surface area contributed by atoms with Crippen molar-refractivity contribution in [2.75, 3.05) is 17.6 Å². The van der Waals surface area contributed by atoms with Gasteiger partial charge in [-0.25, -0.2) is 8.42 Å². The van der Waals surface area contributed by atoms with Crippen LogP contribution in [-0.4, -0.2) is 15.5 Å². The van der Waals surface area contributed by atoms with Crippen LogP contribution in [0.4, 0.5) is 11.4 Å². The van der Waals surface area contributed by atoms with Gasteiger partial charge >= 0.3 is 0 Å². The number of halogens is 1. The Hall–Kier alpha value is -1.57. The number of nitrogen functional groups attached to an aromatic ring is 1. The Morgan fingerprint density at radius 1 is 1.24 bits per heavy atom. The SMILES string of the molecule is COCc1ccccc1NS(=O)(=O)c1cc(N)ccc1Br. The molecular formula is C14H15BrN2O3S. The van der Waals surface area contributed by atoms with E-state index in [0.29, 0.717) is 22.5 Å². The average Bonchev–Trinajstić information content (AvgIpc) is 2.43. The van der Waals surface area contributed by atoms with E-state index >= 15 is 0 Å². The molecule has 0 aliphatic carbocycles. The Labute approximate surface area is 132 Å². The Balaban J connectivity index is 2.40. The number of anilines is 2. The molecule has 5 nitrogen and oxygen atoms in total. The first-order valence-corrected chi connectivity index (χ1v) is 8.36. The summed E-state index contributed by atoms with van der Waals surface area (Å²) in [6, 6.07) is 11.7. The monoisotopic (exact) mass is 370 g/mol. The smallest absolute Gasteiger partial charge is 0.263 e. The lowest BCUT2D eigenvalue weighted by Crippen LogP contribution is -2.15. The third kappa shape index (κ3) is 3.75. The van der Waals surface area contributed by atoms with E-state index in [1.807, 2.05) is 6.07 Å². The highest BCUT2D eigenvalue weighted by atomic mass is 79.9. The quantitative estimate of drug-likeness (QED) is 0.792. The van der Waals surface area contributed by atoms with Crippen molar-refractivity contribution >= 4 is 37.3 Å². The summed E-state index contributed by atoms with van der Waals surface area (Å²) in [5.41, 5.74) is 7.27. The molecule has 0 bridgehead atoms. The summed E-state index contributed by atoms with van der Waals surface area (Å²) < 4.78 is 33.1. The van der Waals surface area contributed by atoms with Crippen LogP contribution in [0.15, 0.2) is 51.8 Å². The normalized spacial score (nSPS) is 11.3. The minimum absolute atomic E-state index is 0.0923. The van der Waals surface area contributed by atoms with Crippen LogP contribution in [0.2, 0.25) is 0 Å². The number of methoxy groups -OCH3 is 1. The predicted octanol–water partition coefficient (Wildman–Crippen LogP) is 2.98. The van der Waals surface area contributed by atoms with Crippen molar-refractivity contribution in [3.8, 4) is 0 Å². The van der Waals surface area contributed by atoms with E-state index in [0.717, 1.165) is 5.56 Å². The van der Waals surface area contributed by atoms with Gasteiger partial charge in [-0.1, -0.05) is 18.2 Å². The average molecular weight is 371 g/mol. The van der Waals surface area contributed by atoms with Crippen LogP contribution in [0.25, 0.3) is 0 Å². The maximum atomic E-state index is 12.5.